The van der Waals surface area contributed by atoms with Crippen molar-refractivity contribution in [3.63, 3.8) is 0 Å². The second kappa shape index (κ2) is 4.04. The van der Waals surface area contributed by atoms with Gasteiger partial charge < -0.3 is 10.2 Å². The van der Waals surface area contributed by atoms with Crippen molar-refractivity contribution in [3.8, 4) is 11.8 Å². The van der Waals surface area contributed by atoms with Gasteiger partial charge in [0, 0.05) is 5.56 Å². The van der Waals surface area contributed by atoms with Crippen LogP contribution in [0.15, 0.2) is 32.2 Å². The number of benzene rings is 1. The standard InChI is InChI=1S/C11H8N2O3/c12-6-2-4-7-3-1-5-8-9(7)10(14)16-11(15)13-8/h1,3,5H,6,12H2,(H,13,15). The van der Waals surface area contributed by atoms with Crippen LogP contribution in [0.25, 0.3) is 10.9 Å². The van der Waals surface area contributed by atoms with Crippen molar-refractivity contribution in [2.75, 3.05) is 6.54 Å². The fraction of sp³-hybridized carbons (Fsp3) is 0.0909. The normalized spacial score (nSPS) is 9.81. The van der Waals surface area contributed by atoms with Crippen molar-refractivity contribution >= 4 is 10.9 Å². The van der Waals surface area contributed by atoms with E-state index in [2.05, 4.69) is 21.2 Å². The van der Waals surface area contributed by atoms with Crippen LogP contribution >= 0.6 is 0 Å². The number of nitrogens with one attached hydrogen (secondary N) is 1. The first kappa shape index (κ1) is 10.2. The van der Waals surface area contributed by atoms with E-state index in [0.717, 1.165) is 0 Å². The van der Waals surface area contributed by atoms with E-state index in [-0.39, 0.29) is 11.9 Å². The molecule has 0 aliphatic heterocycles. The van der Waals surface area contributed by atoms with Crippen LogP contribution in [0.1, 0.15) is 5.56 Å². The molecular weight excluding hydrogens is 208 g/mol. The molecule has 0 aliphatic rings. The van der Waals surface area contributed by atoms with Crippen LogP contribution in [0.3, 0.4) is 0 Å². The summed E-state index contributed by atoms with van der Waals surface area (Å²) >= 11 is 0. The number of aromatic nitrogens is 1. The van der Waals surface area contributed by atoms with Crippen LogP contribution in [0.2, 0.25) is 0 Å². The van der Waals surface area contributed by atoms with Crippen LogP contribution in [0.5, 0.6) is 0 Å². The number of fused-ring (bicyclic) bond motifs is 1. The molecule has 3 N–H and O–H groups in total. The number of hydrogen-bond acceptors (Lipinski definition) is 4. The van der Waals surface area contributed by atoms with Gasteiger partial charge in [-0.1, -0.05) is 17.9 Å². The third-order valence-corrected chi connectivity index (χ3v) is 2.02. The molecule has 0 amide bonds. The van der Waals surface area contributed by atoms with E-state index < -0.39 is 11.4 Å². The van der Waals surface area contributed by atoms with Gasteiger partial charge in [0.25, 0.3) is 0 Å². The molecule has 16 heavy (non-hydrogen) atoms. The smallest absolute Gasteiger partial charge is 0.372 e. The zero-order valence-corrected chi connectivity index (χ0v) is 8.24. The molecule has 0 aliphatic carbocycles. The van der Waals surface area contributed by atoms with E-state index in [9.17, 15) is 9.59 Å². The van der Waals surface area contributed by atoms with E-state index >= 15 is 0 Å². The zero-order valence-electron chi connectivity index (χ0n) is 8.24. The lowest BCUT2D eigenvalue weighted by Crippen LogP contribution is -2.15. The molecule has 0 atom stereocenters. The topological polar surface area (TPSA) is 89.1 Å². The Kier molecular flexibility index (Phi) is 2.58. The Labute approximate surface area is 89.9 Å². The lowest BCUT2D eigenvalue weighted by atomic mass is 10.1. The predicted molar refractivity (Wildman–Crippen MR) is 59.0 cm³/mol. The highest BCUT2D eigenvalue weighted by molar-refractivity contribution is 5.83. The lowest BCUT2D eigenvalue weighted by Gasteiger charge is -1.97. The zero-order chi connectivity index (χ0) is 11.5. The van der Waals surface area contributed by atoms with Crippen molar-refractivity contribution in [2.24, 2.45) is 5.73 Å². The third kappa shape index (κ3) is 1.74. The quantitative estimate of drug-likeness (QED) is 0.596. The van der Waals surface area contributed by atoms with Crippen molar-refractivity contribution in [3.05, 3.63) is 44.7 Å². The SMILES string of the molecule is NCC#Cc1cccc2[nH]c(=O)oc(=O)c12. The van der Waals surface area contributed by atoms with Crippen LogP contribution in [0.4, 0.5) is 0 Å². The molecule has 0 fully saturated rings. The Morgan fingerprint density at radius 1 is 1.38 bits per heavy atom. The van der Waals surface area contributed by atoms with Gasteiger partial charge in [-0.25, -0.2) is 9.59 Å². The van der Waals surface area contributed by atoms with Crippen molar-refractivity contribution in [1.29, 1.82) is 0 Å². The van der Waals surface area contributed by atoms with Gasteiger partial charge in [0.2, 0.25) is 0 Å². The maximum Gasteiger partial charge on any atom is 0.419 e. The van der Waals surface area contributed by atoms with Gasteiger partial charge >= 0.3 is 11.4 Å². The fourth-order valence-electron chi connectivity index (χ4n) is 1.40. The van der Waals surface area contributed by atoms with Gasteiger partial charge in [0.15, 0.2) is 0 Å². The molecule has 0 radical (unpaired) electrons. The monoisotopic (exact) mass is 216 g/mol. The van der Waals surface area contributed by atoms with Gasteiger partial charge in [-0.2, -0.15) is 0 Å². The minimum atomic E-state index is -0.776. The molecule has 2 rings (SSSR count). The number of H-pyrrole nitrogens is 1. The van der Waals surface area contributed by atoms with E-state index in [1.165, 1.54) is 0 Å². The van der Waals surface area contributed by atoms with Crippen molar-refractivity contribution < 1.29 is 4.42 Å². The first-order chi connectivity index (χ1) is 7.72. The fourth-order valence-corrected chi connectivity index (χ4v) is 1.40. The Morgan fingerprint density at radius 2 is 2.19 bits per heavy atom. The summed E-state index contributed by atoms with van der Waals surface area (Å²) in [7, 11) is 0. The first-order valence-corrected chi connectivity index (χ1v) is 4.57. The van der Waals surface area contributed by atoms with E-state index in [1.807, 2.05) is 0 Å². The molecule has 0 spiro atoms. The summed E-state index contributed by atoms with van der Waals surface area (Å²) < 4.78 is 4.45. The lowest BCUT2D eigenvalue weighted by molar-refractivity contribution is 0.460. The summed E-state index contributed by atoms with van der Waals surface area (Å²) in [6.07, 6.45) is 0. The second-order valence-corrected chi connectivity index (χ2v) is 3.04. The predicted octanol–water partition coefficient (Wildman–Crippen LogP) is -0.209. The highest BCUT2D eigenvalue weighted by atomic mass is 16.4. The maximum atomic E-state index is 11.5. The maximum absolute atomic E-state index is 11.5. The molecule has 0 saturated carbocycles. The largest absolute Gasteiger partial charge is 0.419 e. The molecule has 80 valence electrons. The minimum absolute atomic E-state index is 0.199. The van der Waals surface area contributed by atoms with Crippen LogP contribution < -0.4 is 17.1 Å². The molecule has 1 aromatic carbocycles. The third-order valence-electron chi connectivity index (χ3n) is 2.02. The van der Waals surface area contributed by atoms with Crippen molar-refractivity contribution in [2.45, 2.75) is 0 Å². The molecule has 2 aromatic rings. The Bertz CT molecular complexity index is 701. The molecule has 1 aromatic heterocycles. The molecule has 0 bridgehead atoms. The Morgan fingerprint density at radius 3 is 2.94 bits per heavy atom. The average Bonchev–Trinajstić information content (AvgIpc) is 2.25. The number of aromatic amines is 1. The summed E-state index contributed by atoms with van der Waals surface area (Å²) in [4.78, 5) is 24.9. The van der Waals surface area contributed by atoms with Crippen LogP contribution in [-0.4, -0.2) is 11.5 Å². The van der Waals surface area contributed by atoms with Gasteiger partial charge in [-0.3, -0.25) is 4.98 Å². The highest BCUT2D eigenvalue weighted by Gasteiger charge is 2.05. The minimum Gasteiger partial charge on any atom is -0.372 e. The van der Waals surface area contributed by atoms with Crippen LogP contribution in [-0.2, 0) is 0 Å². The number of nitrogens with two attached hydrogens (primary N) is 1. The van der Waals surface area contributed by atoms with E-state index in [4.69, 9.17) is 5.73 Å². The van der Waals surface area contributed by atoms with Gasteiger partial charge in [-0.05, 0) is 12.1 Å². The second-order valence-electron chi connectivity index (χ2n) is 3.04. The molecular formula is C11H8N2O3. The van der Waals surface area contributed by atoms with E-state index in [1.54, 1.807) is 18.2 Å². The summed E-state index contributed by atoms with van der Waals surface area (Å²) in [6.45, 7) is 0.199. The Balaban J connectivity index is 2.87. The van der Waals surface area contributed by atoms with Gasteiger partial charge in [0.05, 0.1) is 17.4 Å². The summed E-state index contributed by atoms with van der Waals surface area (Å²) in [5, 5.41) is 0.267. The molecule has 5 nitrogen and oxygen atoms in total. The Hall–Kier alpha value is -2.32. The van der Waals surface area contributed by atoms with Crippen molar-refractivity contribution in [1.82, 2.24) is 4.98 Å². The summed E-state index contributed by atoms with van der Waals surface area (Å²) in [6, 6.07) is 4.97. The summed E-state index contributed by atoms with van der Waals surface area (Å²) in [5.74, 6) is 4.62. The number of hydrogen-bond donors (Lipinski definition) is 2. The molecule has 0 unspecified atom stereocenters. The van der Waals surface area contributed by atoms with Gasteiger partial charge in [0.1, 0.15) is 0 Å². The molecule has 1 heterocycles. The summed E-state index contributed by atoms with van der Waals surface area (Å²) in [5.41, 5.74) is 5.46. The first-order valence-electron chi connectivity index (χ1n) is 4.57. The molecule has 5 heteroatoms. The van der Waals surface area contributed by atoms with Gasteiger partial charge in [-0.15, -0.1) is 0 Å². The van der Waals surface area contributed by atoms with Crippen LogP contribution in [0, 0.1) is 11.8 Å². The number of rotatable bonds is 0. The van der Waals surface area contributed by atoms with E-state index in [0.29, 0.717) is 11.1 Å². The molecule has 0 saturated heterocycles. The highest BCUT2D eigenvalue weighted by Crippen LogP contribution is 2.10. The average molecular weight is 216 g/mol.